The molecule has 1 heterocycles. The van der Waals surface area contributed by atoms with Gasteiger partial charge < -0.3 is 5.73 Å². The zero-order chi connectivity index (χ0) is 10.8. The molecule has 1 aromatic rings. The van der Waals surface area contributed by atoms with Crippen molar-refractivity contribution >= 4 is 21.2 Å². The molecular formula is C9H15NO2S2. The molecule has 0 unspecified atom stereocenters. The highest BCUT2D eigenvalue weighted by Gasteiger charge is 2.22. The number of sulfone groups is 1. The fourth-order valence-corrected chi connectivity index (χ4v) is 3.94. The SMILES string of the molecule is CC(C)(N)CS(=O)(=O)Cc1ccsc1. The topological polar surface area (TPSA) is 60.2 Å². The summed E-state index contributed by atoms with van der Waals surface area (Å²) in [5.74, 6) is 0.118. The Morgan fingerprint density at radius 2 is 2.14 bits per heavy atom. The largest absolute Gasteiger partial charge is 0.325 e. The molecule has 0 bridgehead atoms. The van der Waals surface area contributed by atoms with Crippen LogP contribution in [0.2, 0.25) is 0 Å². The van der Waals surface area contributed by atoms with Crippen LogP contribution in [0, 0.1) is 0 Å². The van der Waals surface area contributed by atoms with Crippen LogP contribution in [0.3, 0.4) is 0 Å². The highest BCUT2D eigenvalue weighted by Crippen LogP contribution is 2.13. The van der Waals surface area contributed by atoms with Gasteiger partial charge in [-0.2, -0.15) is 11.3 Å². The molecule has 0 fully saturated rings. The number of hydrogen-bond acceptors (Lipinski definition) is 4. The second kappa shape index (κ2) is 4.00. The second-order valence-corrected chi connectivity index (χ2v) is 7.00. The van der Waals surface area contributed by atoms with E-state index in [9.17, 15) is 8.42 Å². The second-order valence-electron chi connectivity index (χ2n) is 4.15. The summed E-state index contributed by atoms with van der Waals surface area (Å²) in [4.78, 5) is 0. The van der Waals surface area contributed by atoms with Crippen LogP contribution in [0.5, 0.6) is 0 Å². The molecule has 5 heteroatoms. The van der Waals surface area contributed by atoms with E-state index in [1.807, 2.05) is 16.8 Å². The minimum absolute atomic E-state index is 0.0237. The molecule has 0 aliphatic carbocycles. The smallest absolute Gasteiger partial charge is 0.156 e. The maximum atomic E-state index is 11.6. The number of thiophene rings is 1. The Bertz CT molecular complexity index is 373. The van der Waals surface area contributed by atoms with Gasteiger partial charge >= 0.3 is 0 Å². The van der Waals surface area contributed by atoms with Gasteiger partial charge in [0.25, 0.3) is 0 Å². The van der Waals surface area contributed by atoms with Crippen molar-refractivity contribution in [3.05, 3.63) is 22.4 Å². The molecule has 0 aliphatic rings. The van der Waals surface area contributed by atoms with Crippen molar-refractivity contribution in [1.82, 2.24) is 0 Å². The van der Waals surface area contributed by atoms with Crippen LogP contribution in [-0.4, -0.2) is 19.7 Å². The Balaban J connectivity index is 2.69. The fraction of sp³-hybridized carbons (Fsp3) is 0.556. The number of rotatable bonds is 4. The van der Waals surface area contributed by atoms with E-state index in [0.717, 1.165) is 5.56 Å². The van der Waals surface area contributed by atoms with E-state index in [1.165, 1.54) is 11.3 Å². The van der Waals surface area contributed by atoms with Gasteiger partial charge in [0.2, 0.25) is 0 Å². The standard InChI is InChI=1S/C9H15NO2S2/c1-9(2,10)7-14(11,12)6-8-3-4-13-5-8/h3-5H,6-7,10H2,1-2H3. The van der Waals surface area contributed by atoms with Gasteiger partial charge in [-0.05, 0) is 36.2 Å². The molecule has 0 spiro atoms. The van der Waals surface area contributed by atoms with Crippen LogP contribution in [0.15, 0.2) is 16.8 Å². The number of hydrogen-bond donors (Lipinski definition) is 1. The van der Waals surface area contributed by atoms with Crippen molar-refractivity contribution in [2.45, 2.75) is 25.1 Å². The summed E-state index contributed by atoms with van der Waals surface area (Å²) in [6.45, 7) is 3.44. The zero-order valence-electron chi connectivity index (χ0n) is 8.36. The molecule has 0 saturated heterocycles. The lowest BCUT2D eigenvalue weighted by Crippen LogP contribution is -2.40. The van der Waals surface area contributed by atoms with Crippen LogP contribution in [-0.2, 0) is 15.6 Å². The molecule has 1 rings (SSSR count). The maximum absolute atomic E-state index is 11.6. The predicted molar refractivity (Wildman–Crippen MR) is 60.1 cm³/mol. The van der Waals surface area contributed by atoms with Crippen molar-refractivity contribution in [3.8, 4) is 0 Å². The third kappa shape index (κ3) is 4.21. The van der Waals surface area contributed by atoms with Gasteiger partial charge in [0.15, 0.2) is 9.84 Å². The molecule has 0 atom stereocenters. The van der Waals surface area contributed by atoms with Crippen molar-refractivity contribution in [1.29, 1.82) is 0 Å². The highest BCUT2D eigenvalue weighted by atomic mass is 32.2. The molecule has 0 aliphatic heterocycles. The third-order valence-electron chi connectivity index (χ3n) is 1.56. The Morgan fingerprint density at radius 1 is 1.50 bits per heavy atom. The molecule has 0 saturated carbocycles. The monoisotopic (exact) mass is 233 g/mol. The van der Waals surface area contributed by atoms with Gasteiger partial charge in [-0.3, -0.25) is 0 Å². The lowest BCUT2D eigenvalue weighted by Gasteiger charge is -2.17. The molecular weight excluding hydrogens is 218 g/mol. The first-order valence-corrected chi connectivity index (χ1v) is 7.05. The van der Waals surface area contributed by atoms with Gasteiger partial charge in [0, 0.05) is 5.54 Å². The van der Waals surface area contributed by atoms with E-state index in [-0.39, 0.29) is 11.5 Å². The van der Waals surface area contributed by atoms with Crippen molar-refractivity contribution in [2.75, 3.05) is 5.75 Å². The zero-order valence-corrected chi connectivity index (χ0v) is 9.99. The Kier molecular flexibility index (Phi) is 3.34. The van der Waals surface area contributed by atoms with Crippen molar-refractivity contribution in [3.63, 3.8) is 0 Å². The minimum atomic E-state index is -3.08. The predicted octanol–water partition coefficient (Wildman–Crippen LogP) is 1.40. The lowest BCUT2D eigenvalue weighted by atomic mass is 10.1. The van der Waals surface area contributed by atoms with Crippen LogP contribution < -0.4 is 5.73 Å². The minimum Gasteiger partial charge on any atom is -0.325 e. The van der Waals surface area contributed by atoms with E-state index in [0.29, 0.717) is 0 Å². The summed E-state index contributed by atoms with van der Waals surface area (Å²) < 4.78 is 23.3. The van der Waals surface area contributed by atoms with E-state index >= 15 is 0 Å². The van der Waals surface area contributed by atoms with Crippen molar-refractivity contribution < 1.29 is 8.42 Å². The van der Waals surface area contributed by atoms with Crippen LogP contribution in [0.4, 0.5) is 0 Å². The lowest BCUT2D eigenvalue weighted by molar-refractivity contribution is 0.544. The third-order valence-corrected chi connectivity index (χ3v) is 4.25. The van der Waals surface area contributed by atoms with Gasteiger partial charge in [0.05, 0.1) is 11.5 Å². The van der Waals surface area contributed by atoms with E-state index in [4.69, 9.17) is 5.73 Å². The summed E-state index contributed by atoms with van der Waals surface area (Å²) in [6.07, 6.45) is 0. The van der Waals surface area contributed by atoms with Crippen LogP contribution in [0.25, 0.3) is 0 Å². The molecule has 14 heavy (non-hydrogen) atoms. The van der Waals surface area contributed by atoms with Gasteiger partial charge in [-0.15, -0.1) is 0 Å². The van der Waals surface area contributed by atoms with Gasteiger partial charge in [-0.1, -0.05) is 0 Å². The van der Waals surface area contributed by atoms with Gasteiger partial charge in [-0.25, -0.2) is 8.42 Å². The van der Waals surface area contributed by atoms with E-state index in [2.05, 4.69) is 0 Å². The van der Waals surface area contributed by atoms with Gasteiger partial charge in [0.1, 0.15) is 0 Å². The fourth-order valence-electron chi connectivity index (χ4n) is 1.25. The number of nitrogens with two attached hydrogens (primary N) is 1. The molecule has 0 aromatic carbocycles. The quantitative estimate of drug-likeness (QED) is 0.855. The Hall–Kier alpha value is -0.390. The average molecular weight is 233 g/mol. The molecule has 0 radical (unpaired) electrons. The van der Waals surface area contributed by atoms with E-state index < -0.39 is 15.4 Å². The molecule has 1 aromatic heterocycles. The van der Waals surface area contributed by atoms with Crippen LogP contribution in [0.1, 0.15) is 19.4 Å². The first-order valence-electron chi connectivity index (χ1n) is 4.29. The summed E-state index contributed by atoms with van der Waals surface area (Å²) in [5, 5.41) is 3.72. The van der Waals surface area contributed by atoms with Crippen LogP contribution >= 0.6 is 11.3 Å². The summed E-state index contributed by atoms with van der Waals surface area (Å²) in [7, 11) is -3.08. The highest BCUT2D eigenvalue weighted by molar-refractivity contribution is 7.90. The molecule has 80 valence electrons. The summed E-state index contributed by atoms with van der Waals surface area (Å²) in [6, 6.07) is 1.83. The first-order chi connectivity index (χ1) is 6.29. The Morgan fingerprint density at radius 3 is 2.57 bits per heavy atom. The van der Waals surface area contributed by atoms with E-state index in [1.54, 1.807) is 13.8 Å². The summed E-state index contributed by atoms with van der Waals surface area (Å²) >= 11 is 1.50. The normalized spacial score (nSPS) is 13.1. The molecule has 3 nitrogen and oxygen atoms in total. The molecule has 0 amide bonds. The average Bonchev–Trinajstić information content (AvgIpc) is 2.31. The maximum Gasteiger partial charge on any atom is 0.156 e. The first kappa shape index (κ1) is 11.7. The van der Waals surface area contributed by atoms with Crippen molar-refractivity contribution in [2.24, 2.45) is 5.73 Å². The molecule has 2 N–H and O–H groups in total. The summed E-state index contributed by atoms with van der Waals surface area (Å²) in [5.41, 5.74) is 5.86. The Labute approximate surface area is 88.9 Å².